The number of likely N-dealkylation sites (N-methyl/N-ethyl adjacent to an activating group) is 1. The zero-order valence-corrected chi connectivity index (χ0v) is 18.2. The minimum atomic E-state index is -3.86. The number of aromatic nitrogens is 1. The van der Waals surface area contributed by atoms with Gasteiger partial charge in [-0.3, -0.25) is 0 Å². The molecule has 0 spiro atoms. The molecule has 0 aliphatic carbocycles. The fourth-order valence-electron chi connectivity index (χ4n) is 3.43. The molecule has 0 bridgehead atoms. The molecule has 0 amide bonds. The van der Waals surface area contributed by atoms with Crippen LogP contribution in [-0.4, -0.2) is 44.0 Å². The normalized spacial score (nSPS) is 13.4. The van der Waals surface area contributed by atoms with Gasteiger partial charge in [0.15, 0.2) is 0 Å². The number of fused-ring (bicyclic) bond motifs is 1. The molecule has 3 rings (SSSR count). The van der Waals surface area contributed by atoms with E-state index in [1.807, 2.05) is 39.8 Å². The molecular formula is C22H27FN2O3S. The van der Waals surface area contributed by atoms with Crippen LogP contribution in [0.4, 0.5) is 4.39 Å². The van der Waals surface area contributed by atoms with Gasteiger partial charge in [0.2, 0.25) is 0 Å². The van der Waals surface area contributed by atoms with Gasteiger partial charge >= 0.3 is 0 Å². The lowest BCUT2D eigenvalue weighted by atomic mass is 10.0. The molecule has 29 heavy (non-hydrogen) atoms. The molecular weight excluding hydrogens is 391 g/mol. The van der Waals surface area contributed by atoms with Gasteiger partial charge in [0.25, 0.3) is 10.0 Å². The highest BCUT2D eigenvalue weighted by Crippen LogP contribution is 2.32. The van der Waals surface area contributed by atoms with Crippen LogP contribution in [-0.2, 0) is 10.0 Å². The molecule has 0 saturated heterocycles. The highest BCUT2D eigenvalue weighted by atomic mass is 32.2. The van der Waals surface area contributed by atoms with Crippen molar-refractivity contribution in [1.82, 2.24) is 8.87 Å². The van der Waals surface area contributed by atoms with Crippen LogP contribution in [0.5, 0.6) is 5.75 Å². The smallest absolute Gasteiger partial charge is 0.268 e. The van der Waals surface area contributed by atoms with Crippen molar-refractivity contribution in [2.24, 2.45) is 0 Å². The van der Waals surface area contributed by atoms with Crippen molar-refractivity contribution in [2.45, 2.75) is 37.7 Å². The Morgan fingerprint density at radius 3 is 2.45 bits per heavy atom. The number of hydrogen-bond donors (Lipinski definition) is 0. The van der Waals surface area contributed by atoms with Crippen molar-refractivity contribution in [3.05, 3.63) is 60.0 Å². The monoisotopic (exact) mass is 418 g/mol. The molecule has 0 aliphatic heterocycles. The quantitative estimate of drug-likeness (QED) is 0.568. The van der Waals surface area contributed by atoms with Crippen LogP contribution in [0.15, 0.2) is 53.6 Å². The van der Waals surface area contributed by atoms with E-state index in [1.165, 1.54) is 28.4 Å². The molecule has 2 aromatic carbocycles. The number of ether oxygens (including phenoxy) is 1. The number of nitrogens with zero attached hydrogens (tertiary/aromatic N) is 2. The van der Waals surface area contributed by atoms with Crippen LogP contribution >= 0.6 is 0 Å². The lowest BCUT2D eigenvalue weighted by Gasteiger charge is -2.22. The highest BCUT2D eigenvalue weighted by molar-refractivity contribution is 7.90. The van der Waals surface area contributed by atoms with Gasteiger partial charge in [-0.15, -0.1) is 0 Å². The van der Waals surface area contributed by atoms with Crippen LogP contribution in [0.2, 0.25) is 0 Å². The Balaban J connectivity index is 2.06. The van der Waals surface area contributed by atoms with E-state index < -0.39 is 15.8 Å². The van der Waals surface area contributed by atoms with Crippen molar-refractivity contribution in [3.8, 4) is 5.75 Å². The molecule has 3 aromatic rings. The number of rotatable bonds is 7. The lowest BCUT2D eigenvalue weighted by Crippen LogP contribution is -2.28. The van der Waals surface area contributed by atoms with Crippen LogP contribution in [0.25, 0.3) is 10.9 Å². The molecule has 0 N–H and O–H groups in total. The number of hydrogen-bond acceptors (Lipinski definition) is 4. The lowest BCUT2D eigenvalue weighted by molar-refractivity contribution is 0.174. The number of halogens is 1. The first-order chi connectivity index (χ1) is 13.6. The Kier molecular flexibility index (Phi) is 6.00. The Labute approximate surface area is 171 Å². The predicted molar refractivity (Wildman–Crippen MR) is 114 cm³/mol. The summed E-state index contributed by atoms with van der Waals surface area (Å²) in [5.74, 6) is 0.348. The molecule has 0 saturated carbocycles. The number of benzene rings is 2. The fourth-order valence-corrected chi connectivity index (χ4v) is 4.80. The van der Waals surface area contributed by atoms with Crippen molar-refractivity contribution >= 4 is 20.9 Å². The van der Waals surface area contributed by atoms with Crippen molar-refractivity contribution in [2.75, 3.05) is 20.6 Å². The van der Waals surface area contributed by atoms with Crippen LogP contribution in [0.3, 0.4) is 0 Å². The van der Waals surface area contributed by atoms with Gasteiger partial charge in [0, 0.05) is 24.2 Å². The van der Waals surface area contributed by atoms with Crippen LogP contribution in [0, 0.1) is 5.82 Å². The Bertz CT molecular complexity index is 1120. The minimum Gasteiger partial charge on any atom is -0.489 e. The average Bonchev–Trinajstić information content (AvgIpc) is 3.04. The zero-order chi connectivity index (χ0) is 21.3. The molecule has 5 nitrogen and oxygen atoms in total. The maximum absolute atomic E-state index is 13.5. The third kappa shape index (κ3) is 4.46. The van der Waals surface area contributed by atoms with Crippen LogP contribution < -0.4 is 4.74 Å². The third-order valence-electron chi connectivity index (χ3n) is 4.73. The second kappa shape index (κ2) is 8.16. The van der Waals surface area contributed by atoms with Gasteiger partial charge in [-0.05, 0) is 62.8 Å². The first-order valence-corrected chi connectivity index (χ1v) is 11.0. The van der Waals surface area contributed by atoms with E-state index in [2.05, 4.69) is 0 Å². The van der Waals surface area contributed by atoms with E-state index in [0.29, 0.717) is 23.2 Å². The largest absolute Gasteiger partial charge is 0.489 e. The summed E-state index contributed by atoms with van der Waals surface area (Å²) in [4.78, 5) is 2.15. The SMILES string of the molecule is CC(CN(C)C)Oc1cc(S(=O)(=O)n2ccc3cc(F)ccc32)ccc1C(C)C. The first-order valence-electron chi connectivity index (χ1n) is 9.57. The summed E-state index contributed by atoms with van der Waals surface area (Å²) in [7, 11) is 0.0697. The maximum Gasteiger partial charge on any atom is 0.268 e. The zero-order valence-electron chi connectivity index (χ0n) is 17.4. The molecule has 1 atom stereocenters. The van der Waals surface area contributed by atoms with Gasteiger partial charge < -0.3 is 9.64 Å². The van der Waals surface area contributed by atoms with E-state index in [9.17, 15) is 12.8 Å². The Morgan fingerprint density at radius 2 is 1.79 bits per heavy atom. The summed E-state index contributed by atoms with van der Waals surface area (Å²) in [5.41, 5.74) is 1.39. The molecule has 0 fully saturated rings. The molecule has 1 unspecified atom stereocenters. The van der Waals surface area contributed by atoms with E-state index in [0.717, 1.165) is 5.56 Å². The third-order valence-corrected chi connectivity index (χ3v) is 6.42. The minimum absolute atomic E-state index is 0.101. The van der Waals surface area contributed by atoms with Crippen molar-refractivity contribution < 1.29 is 17.5 Å². The second-order valence-corrected chi connectivity index (χ2v) is 9.68. The molecule has 156 valence electrons. The predicted octanol–water partition coefficient (Wildman–Crippen LogP) is 4.47. The molecule has 1 aromatic heterocycles. The van der Waals surface area contributed by atoms with Gasteiger partial charge in [-0.2, -0.15) is 0 Å². The summed E-state index contributed by atoms with van der Waals surface area (Å²) >= 11 is 0. The molecule has 0 radical (unpaired) electrons. The first kappa shape index (κ1) is 21.3. The van der Waals surface area contributed by atoms with Gasteiger partial charge in [0.05, 0.1) is 10.4 Å². The maximum atomic E-state index is 13.5. The average molecular weight is 419 g/mol. The molecule has 1 heterocycles. The Hall–Kier alpha value is -2.38. The molecule has 0 aliphatic rings. The standard InChI is InChI=1S/C22H27FN2O3S/c1-15(2)20-8-7-19(13-22(20)28-16(3)14-24(4)5)29(26,27)25-11-10-17-12-18(23)6-9-21(17)25/h6-13,15-16H,14H2,1-5H3. The summed E-state index contributed by atoms with van der Waals surface area (Å²) in [5, 5.41) is 0.531. The molecule has 7 heteroatoms. The summed E-state index contributed by atoms with van der Waals surface area (Å²) in [6, 6.07) is 10.6. The van der Waals surface area contributed by atoms with Gasteiger partial charge in [0.1, 0.15) is 17.7 Å². The van der Waals surface area contributed by atoms with E-state index in [-0.39, 0.29) is 16.9 Å². The summed E-state index contributed by atoms with van der Waals surface area (Å²) in [6.07, 6.45) is 1.35. The summed E-state index contributed by atoms with van der Waals surface area (Å²) in [6.45, 7) is 6.75. The van der Waals surface area contributed by atoms with E-state index in [4.69, 9.17) is 4.74 Å². The fraction of sp³-hybridized carbons (Fsp3) is 0.364. The Morgan fingerprint density at radius 1 is 1.07 bits per heavy atom. The van der Waals surface area contributed by atoms with E-state index in [1.54, 1.807) is 24.3 Å². The van der Waals surface area contributed by atoms with Crippen molar-refractivity contribution in [1.29, 1.82) is 0 Å². The topological polar surface area (TPSA) is 51.5 Å². The van der Waals surface area contributed by atoms with Crippen LogP contribution in [0.1, 0.15) is 32.3 Å². The second-order valence-electron chi connectivity index (χ2n) is 7.86. The summed E-state index contributed by atoms with van der Waals surface area (Å²) < 4.78 is 47.4. The van der Waals surface area contributed by atoms with E-state index >= 15 is 0 Å². The van der Waals surface area contributed by atoms with Gasteiger partial charge in [-0.1, -0.05) is 19.9 Å². The highest BCUT2D eigenvalue weighted by Gasteiger charge is 2.22. The van der Waals surface area contributed by atoms with Crippen molar-refractivity contribution in [3.63, 3.8) is 0 Å². The van der Waals surface area contributed by atoms with Gasteiger partial charge in [-0.25, -0.2) is 16.8 Å².